The molecule has 0 radical (unpaired) electrons. The molecule has 1 atom stereocenters. The van der Waals surface area contributed by atoms with Gasteiger partial charge in [-0.05, 0) is 54.3 Å². The van der Waals surface area contributed by atoms with E-state index in [1.807, 2.05) is 4.90 Å². The number of rotatable bonds is 7. The summed E-state index contributed by atoms with van der Waals surface area (Å²) in [5.41, 5.74) is 0.384. The third kappa shape index (κ3) is 4.61. The van der Waals surface area contributed by atoms with Crippen LogP contribution >= 0.6 is 0 Å². The Hall–Kier alpha value is -2.20. The van der Waals surface area contributed by atoms with Gasteiger partial charge in [-0.15, -0.1) is 5.10 Å². The molecule has 0 spiro atoms. The van der Waals surface area contributed by atoms with Crippen molar-refractivity contribution in [1.82, 2.24) is 30.7 Å². The zero-order valence-corrected chi connectivity index (χ0v) is 18.8. The zero-order chi connectivity index (χ0) is 22.9. The van der Waals surface area contributed by atoms with Crippen molar-refractivity contribution >= 4 is 25.7 Å². The molecule has 0 saturated carbocycles. The third-order valence-corrected chi connectivity index (χ3v) is 8.50. The second kappa shape index (κ2) is 8.97. The highest BCUT2D eigenvalue weighted by Crippen LogP contribution is 2.39. The summed E-state index contributed by atoms with van der Waals surface area (Å²) < 4.78 is 67.4. The second-order valence-electron chi connectivity index (χ2n) is 7.98. The first-order chi connectivity index (χ1) is 15.2. The molecule has 4 rings (SSSR count). The number of H-pyrrole nitrogens is 1. The number of alkyl halides is 1. The number of primary sulfonamides is 1. The van der Waals surface area contributed by atoms with Crippen molar-refractivity contribution in [2.75, 3.05) is 37.8 Å². The van der Waals surface area contributed by atoms with Crippen molar-refractivity contribution in [3.05, 3.63) is 12.1 Å². The van der Waals surface area contributed by atoms with Crippen LogP contribution in [0.15, 0.2) is 21.9 Å². The van der Waals surface area contributed by atoms with Crippen LogP contribution in [0.2, 0.25) is 0 Å². The fraction of sp³-hybridized carbons (Fsp3) is 0.588. The number of hydrogen-bond donors (Lipinski definition) is 4. The monoisotopic (exact) mass is 488 g/mol. The van der Waals surface area contributed by atoms with Crippen molar-refractivity contribution < 1.29 is 21.2 Å². The van der Waals surface area contributed by atoms with E-state index in [1.165, 1.54) is 12.1 Å². The molecule has 15 heteroatoms. The largest absolute Gasteiger partial charge is 0.371 e. The van der Waals surface area contributed by atoms with E-state index in [1.54, 1.807) is 0 Å². The summed E-state index contributed by atoms with van der Waals surface area (Å²) in [4.78, 5) is 0.809. The molecule has 2 saturated heterocycles. The number of tetrazole rings is 1. The van der Waals surface area contributed by atoms with Crippen molar-refractivity contribution in [3.8, 4) is 11.4 Å². The van der Waals surface area contributed by atoms with Crippen molar-refractivity contribution in [2.24, 2.45) is 11.1 Å². The van der Waals surface area contributed by atoms with E-state index < -0.39 is 36.5 Å². The number of nitrogens with zero attached hydrogens (tertiary/aromatic N) is 4. The first kappa shape index (κ1) is 23.0. The normalized spacial score (nSPS) is 20.7. The molecule has 0 aliphatic carbocycles. The minimum absolute atomic E-state index is 0.0244. The highest BCUT2D eigenvalue weighted by molar-refractivity contribution is 7.92. The van der Waals surface area contributed by atoms with Crippen LogP contribution in [0.3, 0.4) is 0 Å². The van der Waals surface area contributed by atoms with Gasteiger partial charge in [0.15, 0.2) is 5.82 Å². The van der Waals surface area contributed by atoms with Gasteiger partial charge in [-0.1, -0.05) is 0 Å². The molecule has 12 nitrogen and oxygen atoms in total. The average molecular weight is 489 g/mol. The van der Waals surface area contributed by atoms with Crippen LogP contribution in [0, 0.1) is 5.92 Å². The van der Waals surface area contributed by atoms with Crippen LogP contribution in [0.25, 0.3) is 11.4 Å². The Morgan fingerprint density at radius 3 is 2.50 bits per heavy atom. The van der Waals surface area contributed by atoms with Gasteiger partial charge in [0.25, 0.3) is 0 Å². The summed E-state index contributed by atoms with van der Waals surface area (Å²) in [5, 5.41) is 21.9. The molecule has 176 valence electrons. The van der Waals surface area contributed by atoms with Crippen LogP contribution in [-0.2, 0) is 20.0 Å². The molecule has 0 bridgehead atoms. The number of nitrogens with two attached hydrogens (primary N) is 1. The maximum absolute atomic E-state index is 13.2. The Bertz CT molecular complexity index is 1160. The lowest BCUT2D eigenvalue weighted by atomic mass is 9.97. The standard InChI is InChI=1S/C17H25FN8O4S2/c18-9-11-4-7-26(8-5-11)13-1-2-14(32(29,30)23-12-3-6-20-10-12)16(31(19,27)28)15(13)17-21-24-25-22-17/h1-2,11-12,20,23H,3-10H2,(H2,19,27,28)(H,21,22,24,25)/t12-/m1/s1. The first-order valence-corrected chi connectivity index (χ1v) is 13.2. The van der Waals surface area contributed by atoms with Crippen molar-refractivity contribution in [2.45, 2.75) is 35.1 Å². The molecule has 2 aromatic rings. The molecule has 0 amide bonds. The summed E-state index contributed by atoms with van der Waals surface area (Å²) in [6.07, 6.45) is 1.72. The number of aromatic amines is 1. The molecule has 32 heavy (non-hydrogen) atoms. The predicted molar refractivity (Wildman–Crippen MR) is 113 cm³/mol. The number of piperidine rings is 1. The van der Waals surface area contributed by atoms with E-state index in [0.717, 1.165) is 0 Å². The average Bonchev–Trinajstić information content (AvgIpc) is 3.46. The number of halogens is 1. The SMILES string of the molecule is NS(=O)(=O)c1c(S(=O)(=O)N[C@@H]2CCNC2)ccc(N2CCC(CF)CC2)c1-c1nnn[nH]1. The number of nitrogens with one attached hydrogen (secondary N) is 3. The molecule has 1 aromatic heterocycles. The molecule has 5 N–H and O–H groups in total. The predicted octanol–water partition coefficient (Wildman–Crippen LogP) is -0.660. The van der Waals surface area contributed by atoms with Gasteiger partial charge in [0.05, 0.1) is 12.2 Å². The van der Waals surface area contributed by atoms with Crippen LogP contribution < -0.4 is 20.1 Å². The molecule has 2 fully saturated rings. The van der Waals surface area contributed by atoms with E-state index >= 15 is 0 Å². The molecule has 1 aromatic carbocycles. The van der Waals surface area contributed by atoms with Gasteiger partial charge < -0.3 is 10.2 Å². The van der Waals surface area contributed by atoms with Gasteiger partial charge in [0, 0.05) is 31.4 Å². The first-order valence-electron chi connectivity index (χ1n) is 10.2. The molecule has 3 heterocycles. The van der Waals surface area contributed by atoms with Gasteiger partial charge in [-0.25, -0.2) is 31.8 Å². The second-order valence-corrected chi connectivity index (χ2v) is 11.2. The maximum atomic E-state index is 13.2. The van der Waals surface area contributed by atoms with Crippen LogP contribution in [-0.4, -0.2) is 76.4 Å². The molecular weight excluding hydrogens is 463 g/mol. The number of aromatic nitrogens is 4. The van der Waals surface area contributed by atoms with Gasteiger partial charge in [-0.2, -0.15) is 0 Å². The highest BCUT2D eigenvalue weighted by atomic mass is 32.2. The Labute approximate surface area is 185 Å². The number of anilines is 1. The van der Waals surface area contributed by atoms with Crippen LogP contribution in [0.1, 0.15) is 19.3 Å². The Morgan fingerprint density at radius 2 is 1.94 bits per heavy atom. The number of sulfonamides is 2. The molecule has 2 aliphatic heterocycles. The topological polar surface area (TPSA) is 176 Å². The van der Waals surface area contributed by atoms with E-state index in [0.29, 0.717) is 51.1 Å². The van der Waals surface area contributed by atoms with E-state index in [2.05, 4.69) is 30.7 Å². The van der Waals surface area contributed by atoms with Crippen LogP contribution in [0.4, 0.5) is 10.1 Å². The molecule has 0 unspecified atom stereocenters. The molecule has 2 aliphatic rings. The van der Waals surface area contributed by atoms with Gasteiger partial charge in [0.2, 0.25) is 20.0 Å². The zero-order valence-electron chi connectivity index (χ0n) is 17.2. The summed E-state index contributed by atoms with van der Waals surface area (Å²) in [7, 11) is -8.75. The maximum Gasteiger partial charge on any atom is 0.242 e. The van der Waals surface area contributed by atoms with Crippen LogP contribution in [0.5, 0.6) is 0 Å². The Kier molecular flexibility index (Phi) is 6.44. The van der Waals surface area contributed by atoms with E-state index in [4.69, 9.17) is 5.14 Å². The Balaban J connectivity index is 1.87. The fourth-order valence-corrected chi connectivity index (χ4v) is 7.04. The van der Waals surface area contributed by atoms with E-state index in [-0.39, 0.29) is 23.3 Å². The third-order valence-electron chi connectivity index (χ3n) is 5.81. The number of benzene rings is 1. The summed E-state index contributed by atoms with van der Waals surface area (Å²) in [6.45, 7) is 1.59. The quantitative estimate of drug-likeness (QED) is 0.394. The minimum Gasteiger partial charge on any atom is -0.371 e. The van der Waals surface area contributed by atoms with Gasteiger partial charge >= 0.3 is 0 Å². The lowest BCUT2D eigenvalue weighted by Crippen LogP contribution is -2.38. The van der Waals surface area contributed by atoms with E-state index in [9.17, 15) is 21.2 Å². The van der Waals surface area contributed by atoms with Gasteiger partial charge in [0.1, 0.15) is 9.79 Å². The van der Waals surface area contributed by atoms with Crippen molar-refractivity contribution in [1.29, 1.82) is 0 Å². The smallest absolute Gasteiger partial charge is 0.242 e. The van der Waals surface area contributed by atoms with Gasteiger partial charge in [-0.3, -0.25) is 4.39 Å². The fourth-order valence-electron chi connectivity index (χ4n) is 4.17. The Morgan fingerprint density at radius 1 is 1.19 bits per heavy atom. The lowest BCUT2D eigenvalue weighted by molar-refractivity contribution is 0.307. The molecular formula is C17H25FN8O4S2. The van der Waals surface area contributed by atoms with Crippen molar-refractivity contribution in [3.63, 3.8) is 0 Å². The summed E-state index contributed by atoms with van der Waals surface area (Å²) >= 11 is 0. The summed E-state index contributed by atoms with van der Waals surface area (Å²) in [5.74, 6) is -0.0977. The highest BCUT2D eigenvalue weighted by Gasteiger charge is 2.35. The number of hydrogen-bond acceptors (Lipinski definition) is 9. The summed E-state index contributed by atoms with van der Waals surface area (Å²) in [6, 6.07) is 2.38. The lowest BCUT2D eigenvalue weighted by Gasteiger charge is -2.34. The minimum atomic E-state index is -4.52.